The van der Waals surface area contributed by atoms with Gasteiger partial charge in [-0.05, 0) is 25.0 Å². The first kappa shape index (κ1) is 19.0. The van der Waals surface area contributed by atoms with E-state index in [9.17, 15) is 18.0 Å². The van der Waals surface area contributed by atoms with Gasteiger partial charge in [0, 0.05) is 24.8 Å². The number of amides is 2. The SMILES string of the molecule is COc1cc(NC(=O)C(=O)NCCO)ccc1N1CCCCS1(=O)=O. The van der Waals surface area contributed by atoms with E-state index < -0.39 is 21.8 Å². The van der Waals surface area contributed by atoms with Crippen LogP contribution in [0.3, 0.4) is 0 Å². The number of methoxy groups -OCH3 is 1. The van der Waals surface area contributed by atoms with Gasteiger partial charge in [0.05, 0.1) is 25.2 Å². The molecule has 1 aliphatic rings. The molecule has 2 rings (SSSR count). The number of ether oxygens (including phenoxy) is 1. The van der Waals surface area contributed by atoms with E-state index in [0.29, 0.717) is 24.3 Å². The van der Waals surface area contributed by atoms with E-state index in [1.54, 1.807) is 0 Å². The Kier molecular flexibility index (Phi) is 6.21. The molecule has 1 heterocycles. The van der Waals surface area contributed by atoms with Crippen molar-refractivity contribution in [2.45, 2.75) is 12.8 Å². The number of hydrogen-bond donors (Lipinski definition) is 3. The Balaban J connectivity index is 2.19. The maximum atomic E-state index is 12.2. The van der Waals surface area contributed by atoms with E-state index in [1.165, 1.54) is 29.6 Å². The Morgan fingerprint density at radius 1 is 1.28 bits per heavy atom. The molecule has 1 aliphatic heterocycles. The number of nitrogens with one attached hydrogen (secondary N) is 2. The third-order valence-corrected chi connectivity index (χ3v) is 5.51. The Morgan fingerprint density at radius 3 is 2.68 bits per heavy atom. The molecule has 0 spiro atoms. The zero-order chi connectivity index (χ0) is 18.4. The van der Waals surface area contributed by atoms with Crippen molar-refractivity contribution in [2.75, 3.05) is 42.2 Å². The van der Waals surface area contributed by atoms with E-state index in [2.05, 4.69) is 10.6 Å². The maximum absolute atomic E-state index is 12.2. The third kappa shape index (κ3) is 4.60. The minimum atomic E-state index is -3.39. The van der Waals surface area contributed by atoms with Crippen molar-refractivity contribution in [3.05, 3.63) is 18.2 Å². The normalized spacial score (nSPS) is 16.2. The quantitative estimate of drug-likeness (QED) is 0.609. The lowest BCUT2D eigenvalue weighted by molar-refractivity contribution is -0.136. The molecule has 1 aromatic rings. The van der Waals surface area contributed by atoms with Gasteiger partial charge in [-0.25, -0.2) is 8.42 Å². The summed E-state index contributed by atoms with van der Waals surface area (Å²) in [6.45, 7) is 0.0706. The van der Waals surface area contributed by atoms with Gasteiger partial charge in [-0.2, -0.15) is 0 Å². The molecule has 0 radical (unpaired) electrons. The van der Waals surface area contributed by atoms with Gasteiger partial charge in [-0.15, -0.1) is 0 Å². The molecule has 25 heavy (non-hydrogen) atoms. The van der Waals surface area contributed by atoms with Gasteiger partial charge in [-0.1, -0.05) is 0 Å². The van der Waals surface area contributed by atoms with Crippen LogP contribution in [-0.2, 0) is 19.6 Å². The van der Waals surface area contributed by atoms with Crippen molar-refractivity contribution >= 4 is 33.2 Å². The molecule has 0 unspecified atom stereocenters. The zero-order valence-corrected chi connectivity index (χ0v) is 14.6. The lowest BCUT2D eigenvalue weighted by Crippen LogP contribution is -2.38. The second-order valence-electron chi connectivity index (χ2n) is 5.42. The summed E-state index contributed by atoms with van der Waals surface area (Å²) in [5, 5.41) is 13.3. The summed E-state index contributed by atoms with van der Waals surface area (Å²) in [5.41, 5.74) is 0.684. The number of hydrogen-bond acceptors (Lipinski definition) is 6. The number of aliphatic hydroxyl groups excluding tert-OH is 1. The van der Waals surface area contributed by atoms with E-state index >= 15 is 0 Å². The molecule has 9 nitrogen and oxygen atoms in total. The molecule has 1 fully saturated rings. The number of rotatable bonds is 5. The number of carbonyl (C=O) groups excluding carboxylic acids is 2. The van der Waals surface area contributed by atoms with Gasteiger partial charge in [-0.3, -0.25) is 13.9 Å². The van der Waals surface area contributed by atoms with Crippen LogP contribution in [-0.4, -0.2) is 57.9 Å². The Hall–Kier alpha value is -2.33. The topological polar surface area (TPSA) is 125 Å². The molecule has 138 valence electrons. The number of sulfonamides is 1. The van der Waals surface area contributed by atoms with Crippen molar-refractivity contribution in [3.63, 3.8) is 0 Å². The van der Waals surface area contributed by atoms with Crippen LogP contribution in [0, 0.1) is 0 Å². The van der Waals surface area contributed by atoms with E-state index in [0.717, 1.165) is 6.42 Å². The van der Waals surface area contributed by atoms with Crippen LogP contribution in [0.2, 0.25) is 0 Å². The lowest BCUT2D eigenvalue weighted by Gasteiger charge is -2.29. The molecule has 0 aliphatic carbocycles. The van der Waals surface area contributed by atoms with Crippen LogP contribution in [0.25, 0.3) is 0 Å². The van der Waals surface area contributed by atoms with Crippen molar-refractivity contribution in [2.24, 2.45) is 0 Å². The summed E-state index contributed by atoms with van der Waals surface area (Å²) in [4.78, 5) is 23.3. The van der Waals surface area contributed by atoms with Crippen molar-refractivity contribution in [1.29, 1.82) is 0 Å². The van der Waals surface area contributed by atoms with Crippen molar-refractivity contribution < 1.29 is 27.9 Å². The molecule has 0 atom stereocenters. The summed E-state index contributed by atoms with van der Waals surface area (Å²) >= 11 is 0. The highest BCUT2D eigenvalue weighted by molar-refractivity contribution is 7.92. The first-order valence-electron chi connectivity index (χ1n) is 7.77. The summed E-state index contributed by atoms with van der Waals surface area (Å²) in [6, 6.07) is 4.48. The molecule has 0 bridgehead atoms. The first-order valence-corrected chi connectivity index (χ1v) is 9.38. The number of nitrogens with zero attached hydrogens (tertiary/aromatic N) is 1. The van der Waals surface area contributed by atoms with E-state index in [-0.39, 0.29) is 24.7 Å². The van der Waals surface area contributed by atoms with Crippen LogP contribution < -0.4 is 19.7 Å². The molecule has 1 saturated heterocycles. The van der Waals surface area contributed by atoms with Crippen molar-refractivity contribution in [3.8, 4) is 5.75 Å². The van der Waals surface area contributed by atoms with Gasteiger partial charge >= 0.3 is 11.8 Å². The third-order valence-electron chi connectivity index (χ3n) is 3.66. The smallest absolute Gasteiger partial charge is 0.313 e. The predicted octanol–water partition coefficient (Wildman–Crippen LogP) is -0.328. The standard InChI is InChI=1S/C15H21N3O6S/c1-24-13-10-11(17-15(21)14(20)16-6-8-19)4-5-12(13)18-7-2-3-9-25(18,22)23/h4-5,10,19H,2-3,6-9H2,1H3,(H,16,20)(H,17,21). The Morgan fingerprint density at radius 2 is 2.04 bits per heavy atom. The highest BCUT2D eigenvalue weighted by Gasteiger charge is 2.28. The van der Waals surface area contributed by atoms with E-state index in [4.69, 9.17) is 9.84 Å². The minimum Gasteiger partial charge on any atom is -0.494 e. The van der Waals surface area contributed by atoms with Gasteiger partial charge < -0.3 is 20.5 Å². The second-order valence-corrected chi connectivity index (χ2v) is 7.43. The van der Waals surface area contributed by atoms with Crippen LogP contribution in [0.5, 0.6) is 5.75 Å². The van der Waals surface area contributed by atoms with Gasteiger partial charge in [0.1, 0.15) is 5.75 Å². The second kappa shape index (κ2) is 8.17. The Bertz CT molecular complexity index is 750. The highest BCUT2D eigenvalue weighted by atomic mass is 32.2. The summed E-state index contributed by atoms with van der Waals surface area (Å²) in [7, 11) is -1.99. The molecule has 3 N–H and O–H groups in total. The summed E-state index contributed by atoms with van der Waals surface area (Å²) in [5.74, 6) is -1.41. The van der Waals surface area contributed by atoms with Crippen molar-refractivity contribution in [1.82, 2.24) is 5.32 Å². The number of carbonyl (C=O) groups is 2. The van der Waals surface area contributed by atoms with Crippen LogP contribution in [0.4, 0.5) is 11.4 Å². The molecule has 10 heteroatoms. The molecule has 0 aromatic heterocycles. The molecular formula is C15H21N3O6S. The van der Waals surface area contributed by atoms with Gasteiger partial charge in [0.15, 0.2) is 0 Å². The molecule has 2 amide bonds. The number of benzene rings is 1. The fraction of sp³-hybridized carbons (Fsp3) is 0.467. The Labute approximate surface area is 146 Å². The maximum Gasteiger partial charge on any atom is 0.313 e. The largest absolute Gasteiger partial charge is 0.494 e. The monoisotopic (exact) mass is 371 g/mol. The average molecular weight is 371 g/mol. The van der Waals surface area contributed by atoms with E-state index in [1.807, 2.05) is 0 Å². The number of aliphatic hydroxyl groups is 1. The summed E-state index contributed by atoms with van der Waals surface area (Å²) < 4.78 is 31.0. The summed E-state index contributed by atoms with van der Waals surface area (Å²) in [6.07, 6.45) is 1.38. The number of anilines is 2. The molecule has 1 aromatic carbocycles. The lowest BCUT2D eigenvalue weighted by atomic mass is 10.2. The fourth-order valence-corrected chi connectivity index (χ4v) is 4.11. The zero-order valence-electron chi connectivity index (χ0n) is 13.8. The predicted molar refractivity (Wildman–Crippen MR) is 92.1 cm³/mol. The highest BCUT2D eigenvalue weighted by Crippen LogP contribution is 2.34. The molecular weight excluding hydrogens is 350 g/mol. The van der Waals surface area contributed by atoms with Gasteiger partial charge in [0.25, 0.3) is 0 Å². The minimum absolute atomic E-state index is 0.0265. The van der Waals surface area contributed by atoms with Crippen LogP contribution >= 0.6 is 0 Å². The average Bonchev–Trinajstić information content (AvgIpc) is 2.59. The molecule has 0 saturated carbocycles. The fourth-order valence-electron chi connectivity index (χ4n) is 2.46. The van der Waals surface area contributed by atoms with Gasteiger partial charge in [0.2, 0.25) is 10.0 Å². The first-order chi connectivity index (χ1) is 11.9. The van der Waals surface area contributed by atoms with Crippen LogP contribution in [0.1, 0.15) is 12.8 Å². The van der Waals surface area contributed by atoms with Crippen LogP contribution in [0.15, 0.2) is 18.2 Å².